The van der Waals surface area contributed by atoms with Gasteiger partial charge in [-0.15, -0.1) is 11.3 Å². The number of anilines is 1. The number of imide groups is 1. The lowest BCUT2D eigenvalue weighted by Crippen LogP contribution is -2.30. The smallest absolute Gasteiger partial charge is 0.266 e. The number of furan rings is 1. The number of thiophene rings is 1. The molecule has 4 aromatic rings. The van der Waals surface area contributed by atoms with Crippen molar-refractivity contribution >= 4 is 34.7 Å². The number of carbonyl (C=O) groups excluding carboxylic acids is 3. The lowest BCUT2D eigenvalue weighted by atomic mass is 10.0. The van der Waals surface area contributed by atoms with Crippen molar-refractivity contribution in [2.24, 2.45) is 0 Å². The van der Waals surface area contributed by atoms with Crippen LogP contribution in [0.25, 0.3) is 0 Å². The molecule has 8 heteroatoms. The minimum absolute atomic E-state index is 0.212. The molecule has 1 aliphatic heterocycles. The molecule has 0 bridgehead atoms. The van der Waals surface area contributed by atoms with E-state index in [1.807, 2.05) is 30.5 Å². The van der Waals surface area contributed by atoms with Gasteiger partial charge in [-0.2, -0.15) is 0 Å². The first-order valence-corrected chi connectivity index (χ1v) is 12.0. The molecule has 7 nitrogen and oxygen atoms in total. The van der Waals surface area contributed by atoms with Crippen LogP contribution >= 0.6 is 11.3 Å². The number of hydrogen-bond donors (Lipinski definition) is 0. The monoisotopic (exact) mass is 486 g/mol. The summed E-state index contributed by atoms with van der Waals surface area (Å²) in [7, 11) is 0. The van der Waals surface area contributed by atoms with E-state index in [4.69, 9.17) is 9.15 Å². The Morgan fingerprint density at radius 2 is 1.77 bits per heavy atom. The summed E-state index contributed by atoms with van der Waals surface area (Å²) >= 11 is 1.56. The predicted molar refractivity (Wildman–Crippen MR) is 132 cm³/mol. The van der Waals surface area contributed by atoms with Gasteiger partial charge in [0.15, 0.2) is 0 Å². The van der Waals surface area contributed by atoms with Crippen LogP contribution in [0, 0.1) is 0 Å². The number of ether oxygens (including phenoxy) is 1. The molecular formula is C27H22N2O5S. The normalized spacial score (nSPS) is 12.7. The third kappa shape index (κ3) is 4.48. The van der Waals surface area contributed by atoms with Crippen LogP contribution in [0.3, 0.4) is 0 Å². The Hall–Kier alpha value is -4.17. The summed E-state index contributed by atoms with van der Waals surface area (Å²) in [6.07, 6.45) is 1.57. The first-order chi connectivity index (χ1) is 17.0. The fourth-order valence-corrected chi connectivity index (χ4v) is 4.75. The van der Waals surface area contributed by atoms with Crippen molar-refractivity contribution in [1.82, 2.24) is 4.90 Å². The van der Waals surface area contributed by atoms with Crippen LogP contribution in [0.2, 0.25) is 0 Å². The van der Waals surface area contributed by atoms with Crippen LogP contribution in [-0.4, -0.2) is 29.2 Å². The Morgan fingerprint density at radius 1 is 0.971 bits per heavy atom. The standard InChI is InChI=1S/C27H22N2O5S/c1-2-33-20-10-8-19(9-11-20)29-26(31)23-12-7-18(15-24(23)27(29)32)25(30)28(16-21-5-3-13-34-21)17-22-6-4-14-35-22/h3-15H,2,16-17H2,1H3. The Labute approximate surface area is 206 Å². The molecule has 0 radical (unpaired) electrons. The largest absolute Gasteiger partial charge is 0.494 e. The van der Waals surface area contributed by atoms with Gasteiger partial charge < -0.3 is 14.1 Å². The first-order valence-electron chi connectivity index (χ1n) is 11.1. The molecule has 2 aromatic carbocycles. The zero-order valence-electron chi connectivity index (χ0n) is 19.0. The molecule has 0 unspecified atom stereocenters. The lowest BCUT2D eigenvalue weighted by Gasteiger charge is -2.21. The van der Waals surface area contributed by atoms with Gasteiger partial charge in [0.25, 0.3) is 17.7 Å². The molecule has 3 heterocycles. The van der Waals surface area contributed by atoms with E-state index >= 15 is 0 Å². The van der Waals surface area contributed by atoms with Crippen LogP contribution < -0.4 is 9.64 Å². The topological polar surface area (TPSA) is 80.1 Å². The molecule has 0 aliphatic carbocycles. The summed E-state index contributed by atoms with van der Waals surface area (Å²) in [5.74, 6) is 0.184. The summed E-state index contributed by atoms with van der Waals surface area (Å²) < 4.78 is 10.9. The van der Waals surface area contributed by atoms with Crippen molar-refractivity contribution in [2.75, 3.05) is 11.5 Å². The molecule has 0 saturated carbocycles. The SMILES string of the molecule is CCOc1ccc(N2C(=O)c3ccc(C(=O)N(Cc4ccco4)Cc4cccs4)cc3C2=O)cc1. The second kappa shape index (κ2) is 9.60. The zero-order valence-corrected chi connectivity index (χ0v) is 19.8. The highest BCUT2D eigenvalue weighted by Gasteiger charge is 2.37. The van der Waals surface area contributed by atoms with E-state index in [1.165, 1.54) is 6.07 Å². The van der Waals surface area contributed by atoms with Crippen LogP contribution in [0.1, 0.15) is 48.6 Å². The predicted octanol–water partition coefficient (Wildman–Crippen LogP) is 5.38. The molecule has 3 amide bonds. The third-order valence-corrected chi connectivity index (χ3v) is 6.54. The first kappa shape index (κ1) is 22.6. The average Bonchev–Trinajstić information content (AvgIpc) is 3.62. The van der Waals surface area contributed by atoms with Gasteiger partial charge in [0.1, 0.15) is 11.5 Å². The summed E-state index contributed by atoms with van der Waals surface area (Å²) in [6.45, 7) is 3.09. The number of benzene rings is 2. The summed E-state index contributed by atoms with van der Waals surface area (Å²) in [6, 6.07) is 18.9. The van der Waals surface area contributed by atoms with Gasteiger partial charge in [-0.1, -0.05) is 6.07 Å². The summed E-state index contributed by atoms with van der Waals surface area (Å²) in [5, 5.41) is 1.96. The van der Waals surface area contributed by atoms with Crippen LogP contribution in [-0.2, 0) is 13.1 Å². The van der Waals surface area contributed by atoms with Crippen LogP contribution in [0.15, 0.2) is 82.8 Å². The zero-order chi connectivity index (χ0) is 24.4. The second-order valence-electron chi connectivity index (χ2n) is 7.95. The van der Waals surface area contributed by atoms with Gasteiger partial charge in [0, 0.05) is 10.4 Å². The Kier molecular flexibility index (Phi) is 6.20. The van der Waals surface area contributed by atoms with Gasteiger partial charge in [-0.05, 0) is 73.0 Å². The van der Waals surface area contributed by atoms with Crippen LogP contribution in [0.4, 0.5) is 5.69 Å². The number of carbonyl (C=O) groups is 3. The Bertz CT molecular complexity index is 1330. The van der Waals surface area contributed by atoms with E-state index in [0.29, 0.717) is 35.9 Å². The molecule has 1 aliphatic rings. The van der Waals surface area contributed by atoms with Gasteiger partial charge in [-0.3, -0.25) is 14.4 Å². The van der Waals surface area contributed by atoms with Crippen molar-refractivity contribution in [3.05, 3.63) is 106 Å². The second-order valence-corrected chi connectivity index (χ2v) is 8.99. The molecule has 176 valence electrons. The Balaban J connectivity index is 1.42. The van der Waals surface area contributed by atoms with Gasteiger partial charge in [0.05, 0.1) is 42.8 Å². The van der Waals surface area contributed by atoms with Crippen molar-refractivity contribution < 1.29 is 23.5 Å². The number of fused-ring (bicyclic) bond motifs is 1. The third-order valence-electron chi connectivity index (χ3n) is 5.68. The van der Waals surface area contributed by atoms with Gasteiger partial charge in [0.2, 0.25) is 0 Å². The minimum atomic E-state index is -0.459. The molecule has 0 saturated heterocycles. The van der Waals surface area contributed by atoms with E-state index in [2.05, 4.69) is 0 Å². The van der Waals surface area contributed by atoms with Crippen molar-refractivity contribution in [3.63, 3.8) is 0 Å². The molecular weight excluding hydrogens is 464 g/mol. The number of rotatable bonds is 8. The minimum Gasteiger partial charge on any atom is -0.494 e. The van der Waals surface area contributed by atoms with Crippen molar-refractivity contribution in [3.8, 4) is 5.75 Å². The lowest BCUT2D eigenvalue weighted by molar-refractivity contribution is 0.0719. The quantitative estimate of drug-likeness (QED) is 0.312. The van der Waals surface area contributed by atoms with E-state index < -0.39 is 11.8 Å². The van der Waals surface area contributed by atoms with Gasteiger partial charge >= 0.3 is 0 Å². The molecule has 0 spiro atoms. The number of amides is 3. The maximum absolute atomic E-state index is 13.5. The fraction of sp³-hybridized carbons (Fsp3) is 0.148. The fourth-order valence-electron chi connectivity index (χ4n) is 4.03. The highest BCUT2D eigenvalue weighted by molar-refractivity contribution is 7.09. The van der Waals surface area contributed by atoms with Crippen molar-refractivity contribution in [2.45, 2.75) is 20.0 Å². The average molecular weight is 487 g/mol. The Morgan fingerprint density at radius 3 is 2.46 bits per heavy atom. The molecule has 0 atom stereocenters. The van der Waals surface area contributed by atoms with E-state index in [9.17, 15) is 14.4 Å². The highest BCUT2D eigenvalue weighted by atomic mass is 32.1. The molecule has 0 N–H and O–H groups in total. The van der Waals surface area contributed by atoms with E-state index in [0.717, 1.165) is 9.78 Å². The molecule has 2 aromatic heterocycles. The summed E-state index contributed by atoms with van der Waals surface area (Å²) in [4.78, 5) is 43.6. The van der Waals surface area contributed by atoms with Crippen molar-refractivity contribution in [1.29, 1.82) is 0 Å². The molecule has 35 heavy (non-hydrogen) atoms. The molecule has 5 rings (SSSR count). The number of hydrogen-bond acceptors (Lipinski definition) is 6. The van der Waals surface area contributed by atoms with Crippen LogP contribution in [0.5, 0.6) is 5.75 Å². The maximum atomic E-state index is 13.5. The highest BCUT2D eigenvalue weighted by Crippen LogP contribution is 2.31. The van der Waals surface area contributed by atoms with E-state index in [-0.39, 0.29) is 23.6 Å². The van der Waals surface area contributed by atoms with Gasteiger partial charge in [-0.25, -0.2) is 4.90 Å². The maximum Gasteiger partial charge on any atom is 0.266 e. The van der Waals surface area contributed by atoms with E-state index in [1.54, 1.807) is 65.0 Å². The molecule has 0 fully saturated rings. The number of nitrogens with zero attached hydrogens (tertiary/aromatic N) is 2. The summed E-state index contributed by atoms with van der Waals surface area (Å²) in [5.41, 5.74) is 1.27.